The summed E-state index contributed by atoms with van der Waals surface area (Å²) in [4.78, 5) is 23.2. The van der Waals surface area contributed by atoms with Gasteiger partial charge < -0.3 is 9.52 Å². The van der Waals surface area contributed by atoms with E-state index in [9.17, 15) is 9.59 Å². The Labute approximate surface area is 118 Å². The molecule has 0 aliphatic heterocycles. The fourth-order valence-corrected chi connectivity index (χ4v) is 3.90. The van der Waals surface area contributed by atoms with Gasteiger partial charge in [0.1, 0.15) is 0 Å². The van der Waals surface area contributed by atoms with Crippen LogP contribution in [0.3, 0.4) is 0 Å². The Morgan fingerprint density at radius 2 is 1.70 bits per heavy atom. The number of carboxylic acid groups (broad SMARTS) is 1. The lowest BCUT2D eigenvalue weighted by molar-refractivity contribution is 0.0652. The smallest absolute Gasteiger partial charge is 0.371 e. The van der Waals surface area contributed by atoms with Crippen molar-refractivity contribution in [1.82, 2.24) is 0 Å². The number of carbonyl (C=O) groups is 2. The van der Waals surface area contributed by atoms with Crippen LogP contribution in [0.2, 0.25) is 0 Å². The highest BCUT2D eigenvalue weighted by molar-refractivity contribution is 5.96. The fourth-order valence-electron chi connectivity index (χ4n) is 3.90. The second-order valence-corrected chi connectivity index (χ2v) is 6.15. The molecule has 1 N–H and O–H groups in total. The number of hydrogen-bond acceptors (Lipinski definition) is 3. The summed E-state index contributed by atoms with van der Waals surface area (Å²) < 4.78 is 5.15. The number of carbonyl (C=O) groups excluding carboxylic acids is 1. The lowest BCUT2D eigenvalue weighted by Gasteiger charge is -2.38. The summed E-state index contributed by atoms with van der Waals surface area (Å²) in [5.41, 5.74) is 0. The van der Waals surface area contributed by atoms with Crippen LogP contribution < -0.4 is 0 Å². The third-order valence-corrected chi connectivity index (χ3v) is 4.97. The molecule has 1 aromatic heterocycles. The summed E-state index contributed by atoms with van der Waals surface area (Å²) in [6.07, 6.45) is 8.18. The van der Waals surface area contributed by atoms with Gasteiger partial charge in [-0.15, -0.1) is 0 Å². The van der Waals surface area contributed by atoms with E-state index in [-0.39, 0.29) is 23.2 Å². The summed E-state index contributed by atoms with van der Waals surface area (Å²) >= 11 is 0. The summed E-state index contributed by atoms with van der Waals surface area (Å²) in [6.45, 7) is 0. The quantitative estimate of drug-likeness (QED) is 0.853. The number of ketones is 1. The van der Waals surface area contributed by atoms with E-state index in [0.717, 1.165) is 25.2 Å². The van der Waals surface area contributed by atoms with Gasteiger partial charge in [0.15, 0.2) is 5.76 Å². The van der Waals surface area contributed by atoms with Crippen LogP contribution in [-0.4, -0.2) is 16.9 Å². The van der Waals surface area contributed by atoms with E-state index in [4.69, 9.17) is 9.52 Å². The number of furan rings is 1. The van der Waals surface area contributed by atoms with Crippen LogP contribution in [0, 0.1) is 17.8 Å². The molecule has 0 bridgehead atoms. The molecule has 20 heavy (non-hydrogen) atoms. The Kier molecular flexibility index (Phi) is 3.64. The first-order chi connectivity index (χ1) is 9.65. The van der Waals surface area contributed by atoms with E-state index in [0.29, 0.717) is 5.92 Å². The number of Topliss-reactive ketones (excluding diaryl/α,β-unsaturated/α-hetero) is 1. The van der Waals surface area contributed by atoms with Crippen molar-refractivity contribution >= 4 is 11.8 Å². The first kappa shape index (κ1) is 13.4. The lowest BCUT2D eigenvalue weighted by atomic mass is 9.66. The largest absolute Gasteiger partial charge is 0.475 e. The second-order valence-electron chi connectivity index (χ2n) is 6.15. The number of hydrogen-bond donors (Lipinski definition) is 1. The topological polar surface area (TPSA) is 67.5 Å². The maximum absolute atomic E-state index is 12.4. The van der Waals surface area contributed by atoms with Gasteiger partial charge in [0.05, 0.1) is 0 Å². The van der Waals surface area contributed by atoms with Crippen molar-refractivity contribution in [2.75, 3.05) is 0 Å². The molecule has 2 aliphatic carbocycles. The third-order valence-electron chi connectivity index (χ3n) is 4.97. The van der Waals surface area contributed by atoms with Gasteiger partial charge in [-0.1, -0.05) is 25.7 Å². The molecule has 0 aromatic carbocycles. The maximum atomic E-state index is 12.4. The predicted octanol–water partition coefficient (Wildman–Crippen LogP) is 3.77. The van der Waals surface area contributed by atoms with Crippen LogP contribution in [0.15, 0.2) is 16.5 Å². The standard InChI is InChI=1S/C16H20O4/c17-15(13-7-8-14(20-13)16(18)19)12-6-5-10-3-1-2-4-11(10)9-12/h7-8,10-12H,1-6,9H2,(H,18,19). The molecule has 3 unspecified atom stereocenters. The van der Waals surface area contributed by atoms with Gasteiger partial charge in [0.25, 0.3) is 0 Å². The Bertz CT molecular complexity index is 516. The molecule has 3 atom stereocenters. The Morgan fingerprint density at radius 3 is 2.40 bits per heavy atom. The maximum Gasteiger partial charge on any atom is 0.371 e. The molecular formula is C16H20O4. The van der Waals surface area contributed by atoms with Gasteiger partial charge in [-0.2, -0.15) is 0 Å². The summed E-state index contributed by atoms with van der Waals surface area (Å²) in [6, 6.07) is 2.86. The van der Waals surface area contributed by atoms with Crippen molar-refractivity contribution < 1.29 is 19.1 Å². The molecule has 1 heterocycles. The SMILES string of the molecule is O=C(O)c1ccc(C(=O)C2CCC3CCCCC3C2)o1. The molecule has 0 saturated heterocycles. The molecule has 0 radical (unpaired) electrons. The van der Waals surface area contributed by atoms with Crippen LogP contribution in [0.1, 0.15) is 66.1 Å². The zero-order valence-corrected chi connectivity index (χ0v) is 11.5. The Balaban J connectivity index is 1.69. The normalized spacial score (nSPS) is 29.7. The van der Waals surface area contributed by atoms with Crippen LogP contribution in [0.5, 0.6) is 0 Å². The predicted molar refractivity (Wildman–Crippen MR) is 72.8 cm³/mol. The molecule has 4 heteroatoms. The average molecular weight is 276 g/mol. The molecule has 3 rings (SSSR count). The summed E-state index contributed by atoms with van der Waals surface area (Å²) in [5, 5.41) is 8.84. The Hall–Kier alpha value is -1.58. The highest BCUT2D eigenvalue weighted by Gasteiger charge is 2.36. The minimum atomic E-state index is -1.12. The van der Waals surface area contributed by atoms with Gasteiger partial charge in [-0.05, 0) is 43.2 Å². The molecule has 2 fully saturated rings. The van der Waals surface area contributed by atoms with E-state index in [2.05, 4.69) is 0 Å². The van der Waals surface area contributed by atoms with Crippen LogP contribution in [0.25, 0.3) is 0 Å². The molecule has 0 amide bonds. The molecule has 1 aromatic rings. The van der Waals surface area contributed by atoms with Crippen molar-refractivity contribution in [1.29, 1.82) is 0 Å². The van der Waals surface area contributed by atoms with Crippen molar-refractivity contribution in [3.05, 3.63) is 23.7 Å². The van der Waals surface area contributed by atoms with Crippen LogP contribution >= 0.6 is 0 Å². The van der Waals surface area contributed by atoms with Gasteiger partial charge in [-0.3, -0.25) is 4.79 Å². The van der Waals surface area contributed by atoms with Gasteiger partial charge >= 0.3 is 5.97 Å². The van der Waals surface area contributed by atoms with Crippen molar-refractivity contribution in [3.63, 3.8) is 0 Å². The Morgan fingerprint density at radius 1 is 1.00 bits per heavy atom. The third kappa shape index (κ3) is 2.51. The van der Waals surface area contributed by atoms with Crippen molar-refractivity contribution in [3.8, 4) is 0 Å². The average Bonchev–Trinajstić information content (AvgIpc) is 2.96. The molecule has 4 nitrogen and oxygen atoms in total. The zero-order chi connectivity index (χ0) is 14.1. The number of fused-ring (bicyclic) bond motifs is 1. The first-order valence-corrected chi connectivity index (χ1v) is 7.52. The van der Waals surface area contributed by atoms with E-state index < -0.39 is 5.97 Å². The van der Waals surface area contributed by atoms with Crippen LogP contribution in [0.4, 0.5) is 0 Å². The zero-order valence-electron chi connectivity index (χ0n) is 11.5. The number of rotatable bonds is 3. The highest BCUT2D eigenvalue weighted by atomic mass is 16.4. The monoisotopic (exact) mass is 276 g/mol. The van der Waals surface area contributed by atoms with Crippen LogP contribution in [-0.2, 0) is 0 Å². The summed E-state index contributed by atoms with van der Waals surface area (Å²) in [7, 11) is 0. The molecule has 0 spiro atoms. The van der Waals surface area contributed by atoms with E-state index in [1.165, 1.54) is 37.8 Å². The number of carboxylic acids is 1. The van der Waals surface area contributed by atoms with Gasteiger partial charge in [-0.25, -0.2) is 4.79 Å². The van der Waals surface area contributed by atoms with Crippen molar-refractivity contribution in [2.45, 2.75) is 44.9 Å². The fraction of sp³-hybridized carbons (Fsp3) is 0.625. The van der Waals surface area contributed by atoms with E-state index in [1.54, 1.807) is 0 Å². The van der Waals surface area contributed by atoms with Gasteiger partial charge in [0.2, 0.25) is 11.5 Å². The second kappa shape index (κ2) is 5.43. The molecule has 108 valence electrons. The first-order valence-electron chi connectivity index (χ1n) is 7.52. The minimum Gasteiger partial charge on any atom is -0.475 e. The van der Waals surface area contributed by atoms with Gasteiger partial charge in [0, 0.05) is 5.92 Å². The van der Waals surface area contributed by atoms with E-state index >= 15 is 0 Å². The molecular weight excluding hydrogens is 256 g/mol. The van der Waals surface area contributed by atoms with Crippen molar-refractivity contribution in [2.24, 2.45) is 17.8 Å². The minimum absolute atomic E-state index is 0.0125. The molecule has 2 saturated carbocycles. The van der Waals surface area contributed by atoms with E-state index in [1.807, 2.05) is 0 Å². The number of aromatic carboxylic acids is 1. The molecule has 2 aliphatic rings. The lowest BCUT2D eigenvalue weighted by Crippen LogP contribution is -2.31. The highest BCUT2D eigenvalue weighted by Crippen LogP contribution is 2.43. The summed E-state index contributed by atoms with van der Waals surface area (Å²) in [5.74, 6) is 0.421.